The predicted molar refractivity (Wildman–Crippen MR) is 106 cm³/mol. The van der Waals surface area contributed by atoms with E-state index >= 15 is 0 Å². The predicted octanol–water partition coefficient (Wildman–Crippen LogP) is 4.16. The van der Waals surface area contributed by atoms with Gasteiger partial charge in [-0.15, -0.1) is 0 Å². The van der Waals surface area contributed by atoms with Crippen molar-refractivity contribution in [1.29, 1.82) is 0 Å². The Kier molecular flexibility index (Phi) is 4.83. The Morgan fingerprint density at radius 1 is 0.852 bits per heavy atom. The molecule has 1 saturated carbocycles. The fraction of sp³-hybridized carbons (Fsp3) is 0.227. The molecule has 0 bridgehead atoms. The first kappa shape index (κ1) is 17.2. The van der Waals surface area contributed by atoms with Crippen LogP contribution >= 0.6 is 0 Å². The van der Waals surface area contributed by atoms with Gasteiger partial charge in [0, 0.05) is 22.7 Å². The highest BCUT2D eigenvalue weighted by molar-refractivity contribution is 6.04. The van der Waals surface area contributed by atoms with Gasteiger partial charge in [0.1, 0.15) is 5.69 Å². The number of hydrogen-bond donors (Lipinski definition) is 2. The van der Waals surface area contributed by atoms with E-state index in [2.05, 4.69) is 15.6 Å². The lowest BCUT2D eigenvalue weighted by Gasteiger charge is -2.12. The summed E-state index contributed by atoms with van der Waals surface area (Å²) in [6.45, 7) is 0. The number of hydrogen-bond acceptors (Lipinski definition) is 3. The van der Waals surface area contributed by atoms with Crippen LogP contribution in [0.25, 0.3) is 10.9 Å². The molecule has 2 aromatic carbocycles. The number of para-hydroxylation sites is 1. The second-order valence-electron chi connectivity index (χ2n) is 6.88. The number of fused-ring (bicyclic) bond motifs is 1. The summed E-state index contributed by atoms with van der Waals surface area (Å²) in [4.78, 5) is 29.1. The van der Waals surface area contributed by atoms with E-state index in [0.717, 1.165) is 23.7 Å². The smallest absolute Gasteiger partial charge is 0.274 e. The summed E-state index contributed by atoms with van der Waals surface area (Å²) in [5, 5.41) is 6.88. The van der Waals surface area contributed by atoms with Gasteiger partial charge in [0.25, 0.3) is 11.8 Å². The third kappa shape index (κ3) is 3.97. The minimum absolute atomic E-state index is 0.0593. The van der Waals surface area contributed by atoms with Gasteiger partial charge in [0.05, 0.1) is 5.52 Å². The Morgan fingerprint density at radius 2 is 1.59 bits per heavy atom. The highest BCUT2D eigenvalue weighted by Gasteiger charge is 2.18. The number of aromatic nitrogens is 1. The molecule has 0 aliphatic heterocycles. The Hall–Kier alpha value is -3.21. The first-order chi connectivity index (χ1) is 13.2. The fourth-order valence-electron chi connectivity index (χ4n) is 3.43. The SMILES string of the molecule is O=C(NC1CCCC1)c1ccc(NC(=O)c2ccc3ccccc3n2)cc1. The van der Waals surface area contributed by atoms with Gasteiger partial charge in [-0.3, -0.25) is 9.59 Å². The van der Waals surface area contributed by atoms with Crippen LogP contribution in [0.3, 0.4) is 0 Å². The number of amides is 2. The number of benzene rings is 2. The number of anilines is 1. The highest BCUT2D eigenvalue weighted by Crippen LogP contribution is 2.19. The zero-order chi connectivity index (χ0) is 18.6. The van der Waals surface area contributed by atoms with Crippen LogP contribution in [0.15, 0.2) is 60.7 Å². The van der Waals surface area contributed by atoms with E-state index in [1.807, 2.05) is 30.3 Å². The zero-order valence-corrected chi connectivity index (χ0v) is 14.9. The second-order valence-corrected chi connectivity index (χ2v) is 6.88. The lowest BCUT2D eigenvalue weighted by Crippen LogP contribution is -2.32. The maximum absolute atomic E-state index is 12.5. The third-order valence-electron chi connectivity index (χ3n) is 4.93. The standard InChI is InChI=1S/C22H21N3O2/c26-21(23-17-6-2-3-7-17)16-9-12-18(13-10-16)24-22(27)20-14-11-15-5-1-4-8-19(15)25-20/h1,4-5,8-14,17H,2-3,6-7H2,(H,23,26)(H,24,27). The molecule has 5 heteroatoms. The topological polar surface area (TPSA) is 71.1 Å². The Morgan fingerprint density at radius 3 is 2.37 bits per heavy atom. The highest BCUT2D eigenvalue weighted by atomic mass is 16.2. The molecular weight excluding hydrogens is 338 g/mol. The number of rotatable bonds is 4. The van der Waals surface area contributed by atoms with Crippen molar-refractivity contribution < 1.29 is 9.59 Å². The van der Waals surface area contributed by atoms with Gasteiger partial charge >= 0.3 is 0 Å². The van der Waals surface area contributed by atoms with Gasteiger partial charge < -0.3 is 10.6 Å². The maximum Gasteiger partial charge on any atom is 0.274 e. The molecule has 5 nitrogen and oxygen atoms in total. The van der Waals surface area contributed by atoms with Crippen molar-refractivity contribution in [2.45, 2.75) is 31.7 Å². The van der Waals surface area contributed by atoms with Gasteiger partial charge in [-0.1, -0.05) is 37.1 Å². The maximum atomic E-state index is 12.5. The molecule has 1 heterocycles. The van der Waals surface area contributed by atoms with Gasteiger partial charge in [-0.05, 0) is 49.2 Å². The van der Waals surface area contributed by atoms with Crippen LogP contribution < -0.4 is 10.6 Å². The Labute approximate surface area is 157 Å². The lowest BCUT2D eigenvalue weighted by atomic mass is 10.1. The number of nitrogens with one attached hydrogen (secondary N) is 2. The monoisotopic (exact) mass is 359 g/mol. The van der Waals surface area contributed by atoms with Crippen molar-refractivity contribution in [3.63, 3.8) is 0 Å². The molecule has 0 atom stereocenters. The number of carbonyl (C=O) groups is 2. The van der Waals surface area contributed by atoms with E-state index in [4.69, 9.17) is 0 Å². The van der Waals surface area contributed by atoms with Crippen molar-refractivity contribution in [2.75, 3.05) is 5.32 Å². The van der Waals surface area contributed by atoms with Crippen molar-refractivity contribution in [3.8, 4) is 0 Å². The second kappa shape index (κ2) is 7.58. The molecule has 1 aliphatic carbocycles. The molecule has 4 rings (SSSR count). The van der Waals surface area contributed by atoms with Crippen LogP contribution in [0, 0.1) is 0 Å². The van der Waals surface area contributed by atoms with Crippen LogP contribution in [0.4, 0.5) is 5.69 Å². The van der Waals surface area contributed by atoms with E-state index in [0.29, 0.717) is 16.9 Å². The van der Waals surface area contributed by atoms with E-state index in [-0.39, 0.29) is 17.9 Å². The summed E-state index contributed by atoms with van der Waals surface area (Å²) >= 11 is 0. The number of nitrogens with zero attached hydrogens (tertiary/aromatic N) is 1. The van der Waals surface area contributed by atoms with Gasteiger partial charge in [0.2, 0.25) is 0 Å². The Bertz CT molecular complexity index is 976. The summed E-state index contributed by atoms with van der Waals surface area (Å²) in [7, 11) is 0. The summed E-state index contributed by atoms with van der Waals surface area (Å²) in [6, 6.07) is 18.5. The minimum atomic E-state index is -0.274. The quantitative estimate of drug-likeness (QED) is 0.735. The molecule has 0 saturated heterocycles. The number of pyridine rings is 1. The molecule has 27 heavy (non-hydrogen) atoms. The normalized spacial score (nSPS) is 14.2. The average molecular weight is 359 g/mol. The molecule has 3 aromatic rings. The molecule has 136 valence electrons. The van der Waals surface area contributed by atoms with Crippen LogP contribution in [0.2, 0.25) is 0 Å². The van der Waals surface area contributed by atoms with Crippen LogP contribution in [0.1, 0.15) is 46.5 Å². The number of carbonyl (C=O) groups excluding carboxylic acids is 2. The molecule has 1 fully saturated rings. The summed E-state index contributed by atoms with van der Waals surface area (Å²) in [5.74, 6) is -0.333. The fourth-order valence-corrected chi connectivity index (χ4v) is 3.43. The van der Waals surface area contributed by atoms with Crippen molar-refractivity contribution in [2.24, 2.45) is 0 Å². The Balaban J connectivity index is 1.42. The molecule has 2 N–H and O–H groups in total. The summed E-state index contributed by atoms with van der Waals surface area (Å²) in [5.41, 5.74) is 2.37. The summed E-state index contributed by atoms with van der Waals surface area (Å²) < 4.78 is 0. The van der Waals surface area contributed by atoms with Crippen LogP contribution in [-0.2, 0) is 0 Å². The van der Waals surface area contributed by atoms with E-state index in [1.54, 1.807) is 30.3 Å². The van der Waals surface area contributed by atoms with Gasteiger partial charge in [-0.25, -0.2) is 4.98 Å². The third-order valence-corrected chi connectivity index (χ3v) is 4.93. The lowest BCUT2D eigenvalue weighted by molar-refractivity contribution is 0.0937. The zero-order valence-electron chi connectivity index (χ0n) is 14.9. The van der Waals surface area contributed by atoms with Gasteiger partial charge in [0.15, 0.2) is 0 Å². The van der Waals surface area contributed by atoms with E-state index in [9.17, 15) is 9.59 Å². The summed E-state index contributed by atoms with van der Waals surface area (Å²) in [6.07, 6.45) is 4.47. The average Bonchev–Trinajstić information content (AvgIpc) is 3.21. The van der Waals surface area contributed by atoms with E-state index in [1.165, 1.54) is 12.8 Å². The van der Waals surface area contributed by atoms with E-state index < -0.39 is 0 Å². The van der Waals surface area contributed by atoms with Crippen molar-refractivity contribution in [1.82, 2.24) is 10.3 Å². The molecular formula is C22H21N3O2. The van der Waals surface area contributed by atoms with Crippen molar-refractivity contribution >= 4 is 28.4 Å². The molecule has 0 radical (unpaired) electrons. The molecule has 0 unspecified atom stereocenters. The first-order valence-corrected chi connectivity index (χ1v) is 9.27. The van der Waals surface area contributed by atoms with Crippen LogP contribution in [0.5, 0.6) is 0 Å². The van der Waals surface area contributed by atoms with Gasteiger partial charge in [-0.2, -0.15) is 0 Å². The molecule has 0 spiro atoms. The molecule has 1 aliphatic rings. The first-order valence-electron chi connectivity index (χ1n) is 9.27. The largest absolute Gasteiger partial charge is 0.349 e. The minimum Gasteiger partial charge on any atom is -0.349 e. The molecule has 1 aromatic heterocycles. The van der Waals surface area contributed by atoms with Crippen molar-refractivity contribution in [3.05, 3.63) is 71.9 Å². The van der Waals surface area contributed by atoms with Crippen LogP contribution in [-0.4, -0.2) is 22.8 Å². The molecule has 2 amide bonds.